The maximum absolute atomic E-state index is 12.8. The fourth-order valence-corrected chi connectivity index (χ4v) is 4.54. The normalized spacial score (nSPS) is 38.4. The van der Waals surface area contributed by atoms with Crippen LogP contribution in [0.5, 0.6) is 0 Å². The van der Waals surface area contributed by atoms with Crippen molar-refractivity contribution in [1.29, 1.82) is 0 Å². The number of hydrogen-bond donors (Lipinski definition) is 1. The number of aliphatic carboxylic acids is 1. The van der Waals surface area contributed by atoms with Gasteiger partial charge in [-0.05, 0) is 32.6 Å². The monoisotopic (exact) mass is 328 g/mol. The molecule has 1 saturated heterocycles. The highest BCUT2D eigenvalue weighted by Gasteiger charge is 2.74. The molecule has 1 aliphatic heterocycles. The minimum Gasteiger partial charge on any atom is -0.481 e. The van der Waals surface area contributed by atoms with Crippen molar-refractivity contribution in [3.63, 3.8) is 0 Å². The van der Waals surface area contributed by atoms with Gasteiger partial charge in [-0.1, -0.05) is 0 Å². The van der Waals surface area contributed by atoms with Gasteiger partial charge in [0.1, 0.15) is 5.41 Å². The largest absolute Gasteiger partial charge is 0.481 e. The van der Waals surface area contributed by atoms with Gasteiger partial charge in [0.2, 0.25) is 0 Å². The molecule has 130 valence electrons. The van der Waals surface area contributed by atoms with Crippen molar-refractivity contribution in [3.8, 4) is 0 Å². The molecule has 0 aromatic heterocycles. The van der Waals surface area contributed by atoms with E-state index in [0.29, 0.717) is 26.1 Å². The molecule has 7 heteroatoms. The zero-order chi connectivity index (χ0) is 16.7. The average Bonchev–Trinajstić information content (AvgIpc) is 2.56. The zero-order valence-electron chi connectivity index (χ0n) is 13.6. The number of methoxy groups -OCH3 is 1. The van der Waals surface area contributed by atoms with Crippen LogP contribution in [0.25, 0.3) is 0 Å². The molecule has 3 atom stereocenters. The molecular formula is C16H24O7. The summed E-state index contributed by atoms with van der Waals surface area (Å²) in [6, 6.07) is 0. The Morgan fingerprint density at radius 3 is 2.52 bits per heavy atom. The van der Waals surface area contributed by atoms with Gasteiger partial charge in [0, 0.05) is 13.5 Å². The van der Waals surface area contributed by atoms with E-state index in [2.05, 4.69) is 0 Å². The lowest BCUT2D eigenvalue weighted by atomic mass is 9.49. The molecule has 3 aliphatic carbocycles. The fraction of sp³-hybridized carbons (Fsp3) is 0.875. The number of carboxylic acid groups (broad SMARTS) is 1. The van der Waals surface area contributed by atoms with Crippen LogP contribution < -0.4 is 0 Å². The Hall–Kier alpha value is -1.18. The van der Waals surface area contributed by atoms with Crippen molar-refractivity contribution in [1.82, 2.24) is 0 Å². The van der Waals surface area contributed by atoms with Crippen LogP contribution in [0, 0.1) is 10.8 Å². The summed E-state index contributed by atoms with van der Waals surface area (Å²) in [7, 11) is 1.49. The number of rotatable bonds is 4. The van der Waals surface area contributed by atoms with Gasteiger partial charge in [-0.3, -0.25) is 9.59 Å². The molecule has 1 spiro atoms. The van der Waals surface area contributed by atoms with Crippen molar-refractivity contribution in [3.05, 3.63) is 0 Å². The first-order chi connectivity index (χ1) is 11.0. The first-order valence-corrected chi connectivity index (χ1v) is 8.18. The molecule has 1 N–H and O–H groups in total. The van der Waals surface area contributed by atoms with E-state index in [-0.39, 0.29) is 25.4 Å². The average molecular weight is 328 g/mol. The zero-order valence-corrected chi connectivity index (χ0v) is 13.6. The molecule has 4 fully saturated rings. The van der Waals surface area contributed by atoms with Gasteiger partial charge in [-0.15, -0.1) is 0 Å². The number of esters is 1. The van der Waals surface area contributed by atoms with Gasteiger partial charge >= 0.3 is 11.9 Å². The predicted octanol–water partition coefficient (Wildman–Crippen LogP) is 1.34. The number of fused-ring (bicyclic) bond motifs is 2. The number of carboxylic acids is 1. The molecular weight excluding hydrogens is 304 g/mol. The van der Waals surface area contributed by atoms with Crippen LogP contribution in [0.1, 0.15) is 39.0 Å². The third kappa shape index (κ3) is 2.13. The summed E-state index contributed by atoms with van der Waals surface area (Å²) >= 11 is 0. The van der Waals surface area contributed by atoms with Crippen molar-refractivity contribution in [2.24, 2.45) is 10.8 Å². The molecule has 0 aromatic carbocycles. The van der Waals surface area contributed by atoms with Crippen LogP contribution in [0.2, 0.25) is 0 Å². The molecule has 1 heterocycles. The van der Waals surface area contributed by atoms with Crippen molar-refractivity contribution in [2.75, 3.05) is 26.9 Å². The Morgan fingerprint density at radius 2 is 1.96 bits per heavy atom. The first-order valence-electron chi connectivity index (χ1n) is 8.18. The van der Waals surface area contributed by atoms with Gasteiger partial charge in [-0.2, -0.15) is 0 Å². The highest BCUT2D eigenvalue weighted by atomic mass is 16.7. The smallest absolute Gasteiger partial charge is 0.317 e. The molecule has 0 aromatic rings. The summed E-state index contributed by atoms with van der Waals surface area (Å²) in [5.74, 6) is -2.51. The Kier molecular flexibility index (Phi) is 4.14. The fourth-order valence-electron chi connectivity index (χ4n) is 4.54. The summed E-state index contributed by atoms with van der Waals surface area (Å²) in [5, 5.41) is 9.85. The Morgan fingerprint density at radius 1 is 1.26 bits per heavy atom. The number of ether oxygens (including phenoxy) is 4. The summed E-state index contributed by atoms with van der Waals surface area (Å²) in [6.07, 6.45) is 1.26. The molecule has 3 saturated carbocycles. The Balaban J connectivity index is 2.06. The maximum Gasteiger partial charge on any atom is 0.317 e. The summed E-state index contributed by atoms with van der Waals surface area (Å²) < 4.78 is 22.7. The van der Waals surface area contributed by atoms with E-state index < -0.39 is 28.7 Å². The topological polar surface area (TPSA) is 91.3 Å². The predicted molar refractivity (Wildman–Crippen MR) is 77.7 cm³/mol. The van der Waals surface area contributed by atoms with E-state index in [1.807, 2.05) is 0 Å². The Bertz CT molecular complexity index is 499. The van der Waals surface area contributed by atoms with E-state index in [0.717, 1.165) is 6.42 Å². The van der Waals surface area contributed by atoms with Gasteiger partial charge in [-0.25, -0.2) is 0 Å². The second kappa shape index (κ2) is 5.72. The van der Waals surface area contributed by atoms with Crippen LogP contribution in [0.3, 0.4) is 0 Å². The molecule has 7 nitrogen and oxygen atoms in total. The lowest BCUT2D eigenvalue weighted by Gasteiger charge is -2.62. The molecule has 4 rings (SSSR count). The highest BCUT2D eigenvalue weighted by molar-refractivity contribution is 5.83. The van der Waals surface area contributed by atoms with Crippen molar-refractivity contribution in [2.45, 2.75) is 50.9 Å². The van der Waals surface area contributed by atoms with E-state index in [1.165, 1.54) is 7.11 Å². The van der Waals surface area contributed by atoms with Crippen molar-refractivity contribution >= 4 is 11.9 Å². The van der Waals surface area contributed by atoms with Gasteiger partial charge < -0.3 is 24.1 Å². The molecule has 1 unspecified atom stereocenters. The molecule has 2 bridgehead atoms. The maximum atomic E-state index is 12.8. The molecule has 4 aliphatic rings. The van der Waals surface area contributed by atoms with Gasteiger partial charge in [0.25, 0.3) is 0 Å². The summed E-state index contributed by atoms with van der Waals surface area (Å²) in [5.41, 5.74) is -2.08. The van der Waals surface area contributed by atoms with Gasteiger partial charge in [0.15, 0.2) is 5.79 Å². The molecule has 23 heavy (non-hydrogen) atoms. The quantitative estimate of drug-likeness (QED) is 0.779. The highest BCUT2D eigenvalue weighted by Crippen LogP contribution is 2.65. The third-order valence-corrected chi connectivity index (χ3v) is 5.76. The molecule has 0 radical (unpaired) electrons. The van der Waals surface area contributed by atoms with Crippen LogP contribution in [-0.2, 0) is 28.5 Å². The van der Waals surface area contributed by atoms with Crippen LogP contribution in [0.15, 0.2) is 0 Å². The minimum absolute atomic E-state index is 0.118. The van der Waals surface area contributed by atoms with E-state index in [4.69, 9.17) is 18.9 Å². The lowest BCUT2D eigenvalue weighted by Crippen LogP contribution is -2.72. The van der Waals surface area contributed by atoms with Crippen LogP contribution in [0.4, 0.5) is 0 Å². The SMILES string of the molecule is CCOC(=O)C12CC[C@@](C(=O)O)(CC13OCCCO3)[C@@H](OC)C2. The van der Waals surface area contributed by atoms with E-state index in [1.54, 1.807) is 6.92 Å². The first kappa shape index (κ1) is 16.7. The lowest BCUT2D eigenvalue weighted by molar-refractivity contribution is -0.372. The summed E-state index contributed by atoms with van der Waals surface area (Å²) in [6.45, 7) is 2.92. The van der Waals surface area contributed by atoms with Crippen molar-refractivity contribution < 1.29 is 33.6 Å². The van der Waals surface area contributed by atoms with Crippen LogP contribution in [-0.4, -0.2) is 55.9 Å². The third-order valence-electron chi connectivity index (χ3n) is 5.76. The molecule has 0 amide bonds. The van der Waals surface area contributed by atoms with E-state index >= 15 is 0 Å². The second-order valence-corrected chi connectivity index (χ2v) is 6.67. The number of hydrogen-bond acceptors (Lipinski definition) is 6. The Labute approximate surface area is 135 Å². The number of carbonyl (C=O) groups is 2. The van der Waals surface area contributed by atoms with E-state index in [9.17, 15) is 14.7 Å². The van der Waals surface area contributed by atoms with Crippen LogP contribution >= 0.6 is 0 Å². The minimum atomic E-state index is -1.22. The standard InChI is InChI=1S/C16H24O7/c1-3-21-13(19)15-6-5-14(12(17)18,11(9-15)20-2)10-16(15)22-7-4-8-23-16/h11H,3-10H2,1-2H3,(H,17,18)/t11-,14+,15?/m0/s1. The van der Waals surface area contributed by atoms with Gasteiger partial charge in [0.05, 0.1) is 31.3 Å². The number of carbonyl (C=O) groups excluding carboxylic acids is 1. The summed E-state index contributed by atoms with van der Waals surface area (Å²) in [4.78, 5) is 24.8. The second-order valence-electron chi connectivity index (χ2n) is 6.67.